The number of hydrogen-bond donors (Lipinski definition) is 3. The fourth-order valence-corrected chi connectivity index (χ4v) is 1.16. The van der Waals surface area contributed by atoms with E-state index in [1.54, 1.807) is 6.92 Å². The largest absolute Gasteiger partial charge is 0.481 e. The van der Waals surface area contributed by atoms with Crippen LogP contribution in [0.3, 0.4) is 0 Å². The van der Waals surface area contributed by atoms with Crippen LogP contribution in [0.15, 0.2) is 0 Å². The van der Waals surface area contributed by atoms with Gasteiger partial charge in [0.25, 0.3) is 0 Å². The van der Waals surface area contributed by atoms with Gasteiger partial charge >= 0.3 is 5.97 Å². The molecule has 1 aliphatic rings. The number of amides is 1. The van der Waals surface area contributed by atoms with Crippen LogP contribution < -0.4 is 10.6 Å². The summed E-state index contributed by atoms with van der Waals surface area (Å²) in [6.07, 6.45) is 2.24. The molecule has 0 aliphatic heterocycles. The Bertz CT molecular complexity index is 226. The minimum absolute atomic E-state index is 0.0326. The average Bonchev–Trinajstić information content (AvgIpc) is 2.81. The first-order valence-electron chi connectivity index (χ1n) is 4.82. The second-order valence-electron chi connectivity index (χ2n) is 3.72. The molecule has 0 aromatic carbocycles. The molecule has 1 rings (SSSR count). The van der Waals surface area contributed by atoms with Gasteiger partial charge in [0.1, 0.15) is 0 Å². The van der Waals surface area contributed by atoms with Gasteiger partial charge in [-0.15, -0.1) is 0 Å². The molecule has 1 saturated carbocycles. The zero-order valence-electron chi connectivity index (χ0n) is 8.25. The van der Waals surface area contributed by atoms with Gasteiger partial charge in [-0.25, -0.2) is 0 Å². The van der Waals surface area contributed by atoms with Gasteiger partial charge in [0.05, 0.1) is 13.0 Å². The fraction of sp³-hybridized carbons (Fsp3) is 0.778. The maximum Gasteiger partial charge on any atom is 0.305 e. The lowest BCUT2D eigenvalue weighted by atomic mass is 10.2. The monoisotopic (exact) mass is 200 g/mol. The lowest BCUT2D eigenvalue weighted by Crippen LogP contribution is -2.40. The Morgan fingerprint density at radius 3 is 2.64 bits per heavy atom. The summed E-state index contributed by atoms with van der Waals surface area (Å²) in [7, 11) is 0. The Morgan fingerprint density at radius 2 is 2.14 bits per heavy atom. The second-order valence-corrected chi connectivity index (χ2v) is 3.72. The minimum atomic E-state index is -0.895. The molecule has 3 N–H and O–H groups in total. The first kappa shape index (κ1) is 11.0. The van der Waals surface area contributed by atoms with Gasteiger partial charge in [-0.1, -0.05) is 0 Å². The molecule has 0 aromatic rings. The number of carboxylic acids is 1. The van der Waals surface area contributed by atoms with E-state index in [0.717, 1.165) is 12.8 Å². The smallest absolute Gasteiger partial charge is 0.305 e. The van der Waals surface area contributed by atoms with Crippen molar-refractivity contribution in [3.05, 3.63) is 0 Å². The summed E-state index contributed by atoms with van der Waals surface area (Å²) in [5, 5.41) is 14.1. The zero-order chi connectivity index (χ0) is 10.6. The lowest BCUT2D eigenvalue weighted by molar-refractivity contribution is -0.137. The average molecular weight is 200 g/mol. The van der Waals surface area contributed by atoms with Gasteiger partial charge in [-0.05, 0) is 19.8 Å². The Labute approximate surface area is 82.9 Å². The molecule has 1 atom stereocenters. The van der Waals surface area contributed by atoms with Crippen LogP contribution >= 0.6 is 0 Å². The summed E-state index contributed by atoms with van der Waals surface area (Å²) in [6, 6.07) is 0.191. The number of carboxylic acid groups (broad SMARTS) is 1. The highest BCUT2D eigenvalue weighted by Gasteiger charge is 2.21. The van der Waals surface area contributed by atoms with Crippen LogP contribution in [0, 0.1) is 0 Å². The molecule has 80 valence electrons. The number of rotatable bonds is 6. The molecule has 0 heterocycles. The van der Waals surface area contributed by atoms with Crippen LogP contribution in [0.2, 0.25) is 0 Å². The topological polar surface area (TPSA) is 78.4 Å². The van der Waals surface area contributed by atoms with Crippen molar-refractivity contribution in [3.8, 4) is 0 Å². The quantitative estimate of drug-likeness (QED) is 0.551. The molecule has 5 nitrogen and oxygen atoms in total. The van der Waals surface area contributed by atoms with E-state index < -0.39 is 5.97 Å². The SMILES string of the molecule is CC(CC(=O)O)NC(=O)CNC1CC1. The molecule has 1 fully saturated rings. The van der Waals surface area contributed by atoms with Gasteiger partial charge in [0, 0.05) is 12.1 Å². The molecule has 0 radical (unpaired) electrons. The van der Waals surface area contributed by atoms with E-state index in [4.69, 9.17) is 5.11 Å². The van der Waals surface area contributed by atoms with Crippen molar-refractivity contribution in [2.45, 2.75) is 38.3 Å². The number of nitrogens with one attached hydrogen (secondary N) is 2. The van der Waals surface area contributed by atoms with Crippen LogP contribution in [0.1, 0.15) is 26.2 Å². The van der Waals surface area contributed by atoms with E-state index in [-0.39, 0.29) is 24.9 Å². The Hall–Kier alpha value is -1.10. The standard InChI is InChI=1S/C9H16N2O3/c1-6(4-9(13)14)11-8(12)5-10-7-2-3-7/h6-7,10H,2-5H2,1H3,(H,11,12)(H,13,14). The van der Waals surface area contributed by atoms with Crippen molar-refractivity contribution >= 4 is 11.9 Å². The summed E-state index contributed by atoms with van der Waals surface area (Å²) < 4.78 is 0. The molecule has 1 unspecified atom stereocenters. The lowest BCUT2D eigenvalue weighted by Gasteiger charge is -2.11. The number of carbonyl (C=O) groups excluding carboxylic acids is 1. The minimum Gasteiger partial charge on any atom is -0.481 e. The molecule has 1 amide bonds. The van der Waals surface area contributed by atoms with E-state index in [2.05, 4.69) is 10.6 Å². The van der Waals surface area contributed by atoms with E-state index >= 15 is 0 Å². The third kappa shape index (κ3) is 4.81. The van der Waals surface area contributed by atoms with Gasteiger partial charge < -0.3 is 15.7 Å². The molecule has 5 heteroatoms. The van der Waals surface area contributed by atoms with Gasteiger partial charge in [-0.2, -0.15) is 0 Å². The van der Waals surface area contributed by atoms with Crippen LogP contribution in [0.4, 0.5) is 0 Å². The maximum atomic E-state index is 11.2. The van der Waals surface area contributed by atoms with Gasteiger partial charge in [0.2, 0.25) is 5.91 Å². The Balaban J connectivity index is 2.08. The first-order valence-corrected chi connectivity index (χ1v) is 4.82. The van der Waals surface area contributed by atoms with Crippen molar-refractivity contribution in [3.63, 3.8) is 0 Å². The predicted octanol–water partition coefficient (Wildman–Crippen LogP) is -0.282. The summed E-state index contributed by atoms with van der Waals surface area (Å²) in [5.74, 6) is -1.03. The molecule has 1 aliphatic carbocycles. The molecule has 0 saturated heterocycles. The van der Waals surface area contributed by atoms with Crippen molar-refractivity contribution in [2.75, 3.05) is 6.54 Å². The molecule has 0 aromatic heterocycles. The van der Waals surface area contributed by atoms with Gasteiger partial charge in [-0.3, -0.25) is 9.59 Å². The molecule has 14 heavy (non-hydrogen) atoms. The summed E-state index contributed by atoms with van der Waals surface area (Å²) in [6.45, 7) is 1.97. The Kier molecular flexibility index (Phi) is 3.88. The molecular formula is C9H16N2O3. The van der Waals surface area contributed by atoms with Crippen LogP contribution in [-0.2, 0) is 9.59 Å². The van der Waals surface area contributed by atoms with Crippen LogP contribution in [-0.4, -0.2) is 35.6 Å². The van der Waals surface area contributed by atoms with Crippen molar-refractivity contribution in [1.82, 2.24) is 10.6 Å². The first-order chi connectivity index (χ1) is 6.58. The summed E-state index contributed by atoms with van der Waals surface area (Å²) >= 11 is 0. The van der Waals surface area contributed by atoms with E-state index in [1.807, 2.05) is 0 Å². The highest BCUT2D eigenvalue weighted by molar-refractivity contribution is 5.79. The van der Waals surface area contributed by atoms with Crippen LogP contribution in [0.5, 0.6) is 0 Å². The third-order valence-corrected chi connectivity index (χ3v) is 2.02. The molecule has 0 spiro atoms. The van der Waals surface area contributed by atoms with Crippen molar-refractivity contribution in [2.24, 2.45) is 0 Å². The van der Waals surface area contributed by atoms with E-state index in [1.165, 1.54) is 0 Å². The Morgan fingerprint density at radius 1 is 1.50 bits per heavy atom. The molecule has 0 bridgehead atoms. The van der Waals surface area contributed by atoms with Gasteiger partial charge in [0.15, 0.2) is 0 Å². The van der Waals surface area contributed by atoms with Crippen LogP contribution in [0.25, 0.3) is 0 Å². The maximum absolute atomic E-state index is 11.2. The second kappa shape index (κ2) is 4.95. The highest BCUT2D eigenvalue weighted by atomic mass is 16.4. The number of carbonyl (C=O) groups is 2. The van der Waals surface area contributed by atoms with Crippen molar-refractivity contribution in [1.29, 1.82) is 0 Å². The number of aliphatic carboxylic acids is 1. The normalized spacial score (nSPS) is 17.5. The predicted molar refractivity (Wildman–Crippen MR) is 50.9 cm³/mol. The summed E-state index contributed by atoms with van der Waals surface area (Å²) in [4.78, 5) is 21.5. The zero-order valence-corrected chi connectivity index (χ0v) is 8.25. The van der Waals surface area contributed by atoms with Crippen molar-refractivity contribution < 1.29 is 14.7 Å². The van der Waals surface area contributed by atoms with E-state index in [0.29, 0.717) is 6.04 Å². The van der Waals surface area contributed by atoms with E-state index in [9.17, 15) is 9.59 Å². The summed E-state index contributed by atoms with van der Waals surface area (Å²) in [5.41, 5.74) is 0. The number of hydrogen-bond acceptors (Lipinski definition) is 3. The third-order valence-electron chi connectivity index (χ3n) is 2.02. The highest BCUT2D eigenvalue weighted by Crippen LogP contribution is 2.17. The molecular weight excluding hydrogens is 184 g/mol. The fourth-order valence-electron chi connectivity index (χ4n) is 1.16.